The van der Waals surface area contributed by atoms with Gasteiger partial charge in [-0.05, 0) is 68.5 Å². The Hall–Kier alpha value is -2.46. The first-order chi connectivity index (χ1) is 13.0. The summed E-state index contributed by atoms with van der Waals surface area (Å²) >= 11 is 0. The van der Waals surface area contributed by atoms with Gasteiger partial charge in [0.1, 0.15) is 0 Å². The fourth-order valence-electron chi connectivity index (χ4n) is 4.15. The van der Waals surface area contributed by atoms with Gasteiger partial charge >= 0.3 is 0 Å². The summed E-state index contributed by atoms with van der Waals surface area (Å²) in [6.07, 6.45) is 0.474. The van der Waals surface area contributed by atoms with Gasteiger partial charge in [0, 0.05) is 17.7 Å². The molecule has 0 aromatic heterocycles. The number of ketones is 1. The number of amides is 1. The average molecular weight is 380 g/mol. The first kappa shape index (κ1) is 20.3. The molecule has 4 heteroatoms. The normalized spacial score (nSPS) is 16.8. The summed E-state index contributed by atoms with van der Waals surface area (Å²) in [7, 11) is 0. The molecule has 0 unspecified atom stereocenters. The quantitative estimate of drug-likeness (QED) is 0.718. The molecule has 148 valence electrons. The topological polar surface area (TPSA) is 57.6 Å². The lowest BCUT2D eigenvalue weighted by Gasteiger charge is -2.25. The molecule has 0 fully saturated rings. The van der Waals surface area contributed by atoms with Crippen LogP contribution in [0.1, 0.15) is 63.4 Å². The predicted octanol–water partition coefficient (Wildman–Crippen LogP) is 5.01. The van der Waals surface area contributed by atoms with Crippen molar-refractivity contribution in [1.82, 2.24) is 0 Å². The second-order valence-electron chi connectivity index (χ2n) is 9.15. The van der Waals surface area contributed by atoms with E-state index in [1.807, 2.05) is 76.2 Å². The zero-order valence-electron chi connectivity index (χ0n) is 17.3. The Morgan fingerprint density at radius 3 is 2.39 bits per heavy atom. The SMILES string of the molecule is C[C@H](O)CC(C)(C)CC(=O)c1ccc2c(c1)C(C)(C)C(=O)N2c1ccccc1. The highest BCUT2D eigenvalue weighted by molar-refractivity contribution is 6.13. The van der Waals surface area contributed by atoms with E-state index in [9.17, 15) is 14.7 Å². The molecule has 1 atom stereocenters. The largest absolute Gasteiger partial charge is 0.393 e. The molecule has 1 aliphatic rings. The van der Waals surface area contributed by atoms with E-state index >= 15 is 0 Å². The third-order valence-corrected chi connectivity index (χ3v) is 5.47. The van der Waals surface area contributed by atoms with Crippen molar-refractivity contribution in [2.24, 2.45) is 5.41 Å². The predicted molar refractivity (Wildman–Crippen MR) is 112 cm³/mol. The minimum Gasteiger partial charge on any atom is -0.393 e. The molecule has 1 amide bonds. The third kappa shape index (κ3) is 3.74. The summed E-state index contributed by atoms with van der Waals surface area (Å²) in [5, 5.41) is 9.68. The molecule has 0 bridgehead atoms. The average Bonchev–Trinajstić information content (AvgIpc) is 2.80. The van der Waals surface area contributed by atoms with Crippen LogP contribution in [-0.2, 0) is 10.2 Å². The maximum Gasteiger partial charge on any atom is 0.241 e. The summed E-state index contributed by atoms with van der Waals surface area (Å²) in [6, 6.07) is 15.1. The first-order valence-electron chi connectivity index (χ1n) is 9.78. The Balaban J connectivity index is 1.96. The van der Waals surface area contributed by atoms with Gasteiger partial charge in [-0.25, -0.2) is 0 Å². The van der Waals surface area contributed by atoms with Crippen LogP contribution >= 0.6 is 0 Å². The minimum absolute atomic E-state index is 0.00716. The van der Waals surface area contributed by atoms with Crippen molar-refractivity contribution < 1.29 is 14.7 Å². The van der Waals surface area contributed by atoms with Crippen LogP contribution in [0.2, 0.25) is 0 Å². The zero-order valence-corrected chi connectivity index (χ0v) is 17.3. The molecule has 4 nitrogen and oxygen atoms in total. The summed E-state index contributed by atoms with van der Waals surface area (Å²) < 4.78 is 0. The Labute approximate surface area is 167 Å². The first-order valence-corrected chi connectivity index (χ1v) is 9.78. The summed E-state index contributed by atoms with van der Waals surface area (Å²) in [5.41, 5.74) is 2.17. The van der Waals surface area contributed by atoms with Gasteiger partial charge < -0.3 is 5.11 Å². The summed E-state index contributed by atoms with van der Waals surface area (Å²) in [4.78, 5) is 27.8. The van der Waals surface area contributed by atoms with Gasteiger partial charge in [0.15, 0.2) is 5.78 Å². The van der Waals surface area contributed by atoms with E-state index in [0.29, 0.717) is 18.4 Å². The van der Waals surface area contributed by atoms with Gasteiger partial charge in [-0.3, -0.25) is 14.5 Å². The van der Waals surface area contributed by atoms with Gasteiger partial charge in [-0.2, -0.15) is 0 Å². The van der Waals surface area contributed by atoms with Crippen molar-refractivity contribution in [2.45, 2.75) is 59.0 Å². The number of aliphatic hydroxyl groups is 1. The second-order valence-corrected chi connectivity index (χ2v) is 9.15. The maximum absolute atomic E-state index is 13.1. The van der Waals surface area contributed by atoms with E-state index in [-0.39, 0.29) is 17.1 Å². The molecule has 3 rings (SSSR count). The number of para-hydroxylation sites is 1. The standard InChI is InChI=1S/C24H29NO3/c1-16(26)14-23(2,3)15-21(27)17-11-12-20-19(13-17)24(4,5)22(28)25(20)18-9-7-6-8-10-18/h6-13,16,26H,14-15H2,1-5H3/t16-/m0/s1. The van der Waals surface area contributed by atoms with Gasteiger partial charge in [0.25, 0.3) is 0 Å². The monoisotopic (exact) mass is 379 g/mol. The van der Waals surface area contributed by atoms with Crippen molar-refractivity contribution in [3.05, 3.63) is 59.7 Å². The Bertz CT molecular complexity index is 897. The smallest absolute Gasteiger partial charge is 0.241 e. The minimum atomic E-state index is -0.698. The number of carbonyl (C=O) groups is 2. The van der Waals surface area contributed by atoms with Crippen LogP contribution < -0.4 is 4.90 Å². The fourth-order valence-corrected chi connectivity index (χ4v) is 4.15. The van der Waals surface area contributed by atoms with Crippen molar-refractivity contribution in [2.75, 3.05) is 4.90 Å². The van der Waals surface area contributed by atoms with Crippen molar-refractivity contribution in [3.8, 4) is 0 Å². The van der Waals surface area contributed by atoms with E-state index in [4.69, 9.17) is 0 Å². The Kier molecular flexibility index (Phi) is 5.20. The summed E-state index contributed by atoms with van der Waals surface area (Å²) in [6.45, 7) is 9.55. The number of Topliss-reactive ketones (excluding diaryl/α,β-unsaturated/α-hetero) is 1. The Morgan fingerprint density at radius 1 is 1.14 bits per heavy atom. The van der Waals surface area contributed by atoms with Crippen LogP contribution in [0.15, 0.2) is 48.5 Å². The number of aliphatic hydroxyl groups excluding tert-OH is 1. The van der Waals surface area contributed by atoms with E-state index in [0.717, 1.165) is 16.9 Å². The molecule has 1 aliphatic heterocycles. The molecule has 2 aromatic rings. The number of fused-ring (bicyclic) bond motifs is 1. The van der Waals surface area contributed by atoms with Crippen molar-refractivity contribution in [3.63, 3.8) is 0 Å². The van der Waals surface area contributed by atoms with Gasteiger partial charge in [0.05, 0.1) is 17.2 Å². The molecule has 1 N–H and O–H groups in total. The lowest BCUT2D eigenvalue weighted by Crippen LogP contribution is -2.33. The lowest BCUT2D eigenvalue weighted by molar-refractivity contribution is -0.121. The highest BCUT2D eigenvalue weighted by Gasteiger charge is 2.44. The molecule has 0 spiro atoms. The highest BCUT2D eigenvalue weighted by atomic mass is 16.3. The van der Waals surface area contributed by atoms with Crippen LogP contribution in [-0.4, -0.2) is 22.9 Å². The number of rotatable bonds is 6. The van der Waals surface area contributed by atoms with E-state index in [1.165, 1.54) is 0 Å². The second kappa shape index (κ2) is 7.17. The summed E-state index contributed by atoms with van der Waals surface area (Å²) in [5.74, 6) is 0.0441. The number of hydrogen-bond donors (Lipinski definition) is 1. The van der Waals surface area contributed by atoms with Gasteiger partial charge in [0.2, 0.25) is 5.91 Å². The van der Waals surface area contributed by atoms with Crippen molar-refractivity contribution in [1.29, 1.82) is 0 Å². The van der Waals surface area contributed by atoms with Gasteiger partial charge in [-0.1, -0.05) is 32.0 Å². The molecule has 28 heavy (non-hydrogen) atoms. The number of hydrogen-bond acceptors (Lipinski definition) is 3. The number of nitrogens with zero attached hydrogens (tertiary/aromatic N) is 1. The van der Waals surface area contributed by atoms with Crippen molar-refractivity contribution >= 4 is 23.1 Å². The molecule has 0 radical (unpaired) electrons. The molecular formula is C24H29NO3. The van der Waals surface area contributed by atoms with Gasteiger partial charge in [-0.15, -0.1) is 0 Å². The van der Waals surface area contributed by atoms with Crippen LogP contribution in [0.3, 0.4) is 0 Å². The number of benzene rings is 2. The number of carbonyl (C=O) groups excluding carboxylic acids is 2. The van der Waals surface area contributed by atoms with Crippen LogP contribution in [0.5, 0.6) is 0 Å². The molecule has 1 heterocycles. The molecular weight excluding hydrogens is 350 g/mol. The van der Waals surface area contributed by atoms with Crippen LogP contribution in [0, 0.1) is 5.41 Å². The van der Waals surface area contributed by atoms with E-state index in [1.54, 1.807) is 11.8 Å². The fraction of sp³-hybridized carbons (Fsp3) is 0.417. The molecule has 2 aromatic carbocycles. The molecule has 0 saturated carbocycles. The lowest BCUT2D eigenvalue weighted by atomic mass is 9.80. The zero-order chi connectivity index (χ0) is 20.7. The van der Waals surface area contributed by atoms with Crippen LogP contribution in [0.25, 0.3) is 0 Å². The Morgan fingerprint density at radius 2 is 1.79 bits per heavy atom. The van der Waals surface area contributed by atoms with Crippen LogP contribution in [0.4, 0.5) is 11.4 Å². The molecule has 0 saturated heterocycles. The molecule has 0 aliphatic carbocycles. The third-order valence-electron chi connectivity index (χ3n) is 5.47. The maximum atomic E-state index is 13.1. The van der Waals surface area contributed by atoms with E-state index < -0.39 is 11.5 Å². The highest BCUT2D eigenvalue weighted by Crippen LogP contribution is 2.45. The van der Waals surface area contributed by atoms with E-state index in [2.05, 4.69) is 0 Å². The number of anilines is 2.